The Morgan fingerprint density at radius 3 is 2.70 bits per heavy atom. The molecule has 0 spiro atoms. The van der Waals surface area contributed by atoms with Crippen LogP contribution in [-0.2, 0) is 14.3 Å². The Morgan fingerprint density at radius 2 is 2.04 bits per heavy atom. The molecule has 2 aromatic carbocycles. The van der Waals surface area contributed by atoms with E-state index in [-0.39, 0.29) is 18.3 Å². The maximum absolute atomic E-state index is 12.0. The molecule has 3 rings (SSSR count). The smallest absolute Gasteiger partial charge is 0.316 e. The number of hydrogen-bond donors (Lipinski definition) is 1. The van der Waals surface area contributed by atoms with Gasteiger partial charge in [-0.15, -0.1) is 11.8 Å². The number of nitriles is 1. The van der Waals surface area contributed by atoms with E-state index >= 15 is 0 Å². The molecule has 140 valence electrons. The van der Waals surface area contributed by atoms with E-state index in [1.165, 1.54) is 11.8 Å². The number of thioether (sulfide) groups is 1. The van der Waals surface area contributed by atoms with E-state index in [2.05, 4.69) is 11.4 Å². The minimum atomic E-state index is -0.891. The molecule has 1 saturated carbocycles. The molecule has 1 aliphatic rings. The zero-order chi connectivity index (χ0) is 19.4. The van der Waals surface area contributed by atoms with Gasteiger partial charge in [-0.3, -0.25) is 9.59 Å². The summed E-state index contributed by atoms with van der Waals surface area (Å²) in [6, 6.07) is 13.5. The minimum Gasteiger partial charge on any atom is -0.455 e. The van der Waals surface area contributed by atoms with Crippen LogP contribution in [0.15, 0.2) is 41.3 Å². The summed E-state index contributed by atoms with van der Waals surface area (Å²) in [5.74, 6) is -0.717. The summed E-state index contributed by atoms with van der Waals surface area (Å²) >= 11 is 7.59. The van der Waals surface area contributed by atoms with Gasteiger partial charge in [0.05, 0.1) is 11.8 Å². The normalized spacial score (nSPS) is 15.6. The molecule has 0 radical (unpaired) electrons. The molecule has 1 atom stereocenters. The van der Waals surface area contributed by atoms with Crippen LogP contribution in [0.5, 0.6) is 0 Å². The number of hydrogen-bond acceptors (Lipinski definition) is 5. The average molecular weight is 403 g/mol. The molecule has 0 aromatic heterocycles. The van der Waals surface area contributed by atoms with Crippen molar-refractivity contribution in [2.24, 2.45) is 5.92 Å². The molecule has 1 amide bonds. The number of rotatable bonds is 7. The van der Waals surface area contributed by atoms with Crippen LogP contribution < -0.4 is 5.32 Å². The standard InChI is InChI=1S/C20H19ClN2O3S/c1-20(12-22,14-8-9-14)23-17(24)10-26-18(25)11-27-16-7-3-5-13-4-2-6-15(21)19(13)16/h2-7,14H,8-11H2,1H3,(H,23,24)/t20-/m0/s1. The first-order valence-corrected chi connectivity index (χ1v) is 9.97. The molecule has 0 bridgehead atoms. The second kappa shape index (κ2) is 8.20. The average Bonchev–Trinajstić information content (AvgIpc) is 3.50. The molecule has 0 heterocycles. The van der Waals surface area contributed by atoms with E-state index in [4.69, 9.17) is 16.3 Å². The predicted molar refractivity (Wildman–Crippen MR) is 106 cm³/mol. The van der Waals surface area contributed by atoms with Crippen LogP contribution in [0.2, 0.25) is 5.02 Å². The highest BCUT2D eigenvalue weighted by Crippen LogP contribution is 2.39. The van der Waals surface area contributed by atoms with Crippen molar-refractivity contribution in [2.45, 2.75) is 30.2 Å². The molecule has 2 aromatic rings. The first kappa shape index (κ1) is 19.5. The Kier molecular flexibility index (Phi) is 5.93. The van der Waals surface area contributed by atoms with Crippen LogP contribution in [0.25, 0.3) is 10.8 Å². The van der Waals surface area contributed by atoms with Gasteiger partial charge in [0, 0.05) is 15.3 Å². The van der Waals surface area contributed by atoms with Crippen molar-refractivity contribution in [3.8, 4) is 6.07 Å². The van der Waals surface area contributed by atoms with Crippen LogP contribution in [0, 0.1) is 17.2 Å². The topological polar surface area (TPSA) is 79.2 Å². The fraction of sp³-hybridized carbons (Fsp3) is 0.350. The van der Waals surface area contributed by atoms with Gasteiger partial charge in [-0.1, -0.05) is 35.9 Å². The Bertz CT molecular complexity index is 918. The highest BCUT2D eigenvalue weighted by Gasteiger charge is 2.43. The van der Waals surface area contributed by atoms with Gasteiger partial charge in [0.25, 0.3) is 5.91 Å². The minimum absolute atomic E-state index is 0.0652. The van der Waals surface area contributed by atoms with Crippen molar-refractivity contribution in [3.63, 3.8) is 0 Å². The van der Waals surface area contributed by atoms with Crippen molar-refractivity contribution >= 4 is 46.0 Å². The van der Waals surface area contributed by atoms with Gasteiger partial charge in [-0.05, 0) is 43.2 Å². The van der Waals surface area contributed by atoms with E-state index < -0.39 is 17.4 Å². The van der Waals surface area contributed by atoms with Gasteiger partial charge in [0.15, 0.2) is 6.61 Å². The summed E-state index contributed by atoms with van der Waals surface area (Å²) < 4.78 is 5.04. The maximum atomic E-state index is 12.0. The highest BCUT2D eigenvalue weighted by atomic mass is 35.5. The van der Waals surface area contributed by atoms with E-state index in [9.17, 15) is 14.9 Å². The summed E-state index contributed by atoms with van der Waals surface area (Å²) in [6.07, 6.45) is 1.85. The molecule has 0 unspecified atom stereocenters. The van der Waals surface area contributed by atoms with Crippen LogP contribution in [0.1, 0.15) is 19.8 Å². The van der Waals surface area contributed by atoms with E-state index in [1.54, 1.807) is 6.92 Å². The van der Waals surface area contributed by atoms with Gasteiger partial charge in [-0.2, -0.15) is 5.26 Å². The lowest BCUT2D eigenvalue weighted by Gasteiger charge is -2.22. The van der Waals surface area contributed by atoms with E-state index in [0.29, 0.717) is 5.02 Å². The van der Waals surface area contributed by atoms with Crippen molar-refractivity contribution in [1.29, 1.82) is 5.26 Å². The molecule has 7 heteroatoms. The summed E-state index contributed by atoms with van der Waals surface area (Å²) in [7, 11) is 0. The zero-order valence-electron chi connectivity index (χ0n) is 14.8. The number of nitrogens with zero attached hydrogens (tertiary/aromatic N) is 1. The van der Waals surface area contributed by atoms with Crippen molar-refractivity contribution in [1.82, 2.24) is 5.32 Å². The molecule has 0 aliphatic heterocycles. The number of carbonyl (C=O) groups excluding carboxylic acids is 2. The summed E-state index contributed by atoms with van der Waals surface area (Å²) in [4.78, 5) is 24.9. The molecule has 1 fully saturated rings. The molecule has 0 saturated heterocycles. The molecular weight excluding hydrogens is 384 g/mol. The quantitative estimate of drug-likeness (QED) is 0.560. The number of fused-ring (bicyclic) bond motifs is 1. The number of amides is 1. The number of benzene rings is 2. The third-order valence-electron chi connectivity index (χ3n) is 4.55. The first-order valence-electron chi connectivity index (χ1n) is 8.61. The Balaban J connectivity index is 1.52. The van der Waals surface area contributed by atoms with Crippen molar-refractivity contribution in [2.75, 3.05) is 12.4 Å². The van der Waals surface area contributed by atoms with Crippen molar-refractivity contribution in [3.05, 3.63) is 41.4 Å². The van der Waals surface area contributed by atoms with Gasteiger partial charge in [0.2, 0.25) is 0 Å². The fourth-order valence-electron chi connectivity index (χ4n) is 2.91. The number of ether oxygens (including phenoxy) is 1. The number of halogens is 1. The second-order valence-electron chi connectivity index (χ2n) is 6.68. The lowest BCUT2D eigenvalue weighted by atomic mass is 9.98. The Hall–Kier alpha value is -2.23. The van der Waals surface area contributed by atoms with Gasteiger partial charge in [0.1, 0.15) is 5.54 Å². The molecule has 1 N–H and O–H groups in total. The molecular formula is C20H19ClN2O3S. The van der Waals surface area contributed by atoms with Gasteiger partial charge in [-0.25, -0.2) is 0 Å². The summed E-state index contributed by atoms with van der Waals surface area (Å²) in [5, 5.41) is 14.4. The number of nitrogens with one attached hydrogen (secondary N) is 1. The van der Waals surface area contributed by atoms with Gasteiger partial charge < -0.3 is 10.1 Å². The highest BCUT2D eigenvalue weighted by molar-refractivity contribution is 8.00. The van der Waals surface area contributed by atoms with E-state index in [0.717, 1.165) is 28.5 Å². The van der Waals surface area contributed by atoms with Crippen LogP contribution in [0.4, 0.5) is 0 Å². The largest absolute Gasteiger partial charge is 0.455 e. The van der Waals surface area contributed by atoms with E-state index in [1.807, 2.05) is 36.4 Å². The number of carbonyl (C=O) groups is 2. The Morgan fingerprint density at radius 1 is 1.33 bits per heavy atom. The summed E-state index contributed by atoms with van der Waals surface area (Å²) in [6.45, 7) is 1.31. The predicted octanol–water partition coefficient (Wildman–Crippen LogP) is 3.94. The Labute approximate surface area is 167 Å². The van der Waals surface area contributed by atoms with Crippen LogP contribution in [-0.4, -0.2) is 29.8 Å². The van der Waals surface area contributed by atoms with Crippen LogP contribution in [0.3, 0.4) is 0 Å². The third-order valence-corrected chi connectivity index (χ3v) is 5.90. The molecule has 27 heavy (non-hydrogen) atoms. The molecule has 5 nitrogen and oxygen atoms in total. The lowest BCUT2D eigenvalue weighted by molar-refractivity contribution is -0.146. The maximum Gasteiger partial charge on any atom is 0.316 e. The van der Waals surface area contributed by atoms with Crippen LogP contribution >= 0.6 is 23.4 Å². The monoisotopic (exact) mass is 402 g/mol. The SMILES string of the molecule is C[C@@](C#N)(NC(=O)COC(=O)CSc1cccc2cccc(Cl)c12)C1CC1. The molecule has 1 aliphatic carbocycles. The zero-order valence-corrected chi connectivity index (χ0v) is 16.4. The second-order valence-corrected chi connectivity index (χ2v) is 8.10. The number of esters is 1. The third kappa shape index (κ3) is 4.74. The lowest BCUT2D eigenvalue weighted by Crippen LogP contribution is -2.48. The van der Waals surface area contributed by atoms with Crippen molar-refractivity contribution < 1.29 is 14.3 Å². The fourth-order valence-corrected chi connectivity index (χ4v) is 4.16. The van der Waals surface area contributed by atoms with Gasteiger partial charge >= 0.3 is 5.97 Å². The first-order chi connectivity index (χ1) is 12.9. The summed E-state index contributed by atoms with van der Waals surface area (Å²) in [5.41, 5.74) is -0.891.